The Bertz CT molecular complexity index is 765. The molecule has 150 valence electrons. The molecule has 0 saturated carbocycles. The monoisotopic (exact) mass is 381 g/mol. The summed E-state index contributed by atoms with van der Waals surface area (Å²) in [7, 11) is 0. The molecule has 0 aliphatic rings. The zero-order chi connectivity index (χ0) is 20.7. The van der Waals surface area contributed by atoms with Gasteiger partial charge in [-0.25, -0.2) is 0 Å². The van der Waals surface area contributed by atoms with Crippen molar-refractivity contribution in [2.45, 2.75) is 52.7 Å². The fourth-order valence-electron chi connectivity index (χ4n) is 3.07. The van der Waals surface area contributed by atoms with Crippen molar-refractivity contribution in [2.75, 3.05) is 0 Å². The van der Waals surface area contributed by atoms with Crippen molar-refractivity contribution in [3.05, 3.63) is 71.8 Å². The van der Waals surface area contributed by atoms with E-state index in [0.29, 0.717) is 6.42 Å². The third-order valence-corrected chi connectivity index (χ3v) is 4.68. The van der Waals surface area contributed by atoms with Crippen molar-refractivity contribution in [2.24, 2.45) is 11.8 Å². The highest BCUT2D eigenvalue weighted by atomic mass is 16.6. The van der Waals surface area contributed by atoms with Gasteiger partial charge in [0.25, 0.3) is 0 Å². The fourth-order valence-corrected chi connectivity index (χ4v) is 3.07. The smallest absolute Gasteiger partial charge is 0.309 e. The van der Waals surface area contributed by atoms with Crippen molar-refractivity contribution < 1.29 is 14.3 Å². The number of hydrogen-bond donors (Lipinski definition) is 1. The summed E-state index contributed by atoms with van der Waals surface area (Å²) in [4.78, 5) is 25.8. The highest BCUT2D eigenvalue weighted by Crippen LogP contribution is 2.23. The van der Waals surface area contributed by atoms with Crippen LogP contribution in [0.5, 0.6) is 0 Å². The van der Waals surface area contributed by atoms with Crippen molar-refractivity contribution in [1.82, 2.24) is 5.32 Å². The minimum Gasteiger partial charge on any atom is -0.460 e. The van der Waals surface area contributed by atoms with Gasteiger partial charge in [-0.2, -0.15) is 0 Å². The zero-order valence-electron chi connectivity index (χ0n) is 17.4. The normalized spacial score (nSPS) is 14.6. The SMILES string of the molecule is CC(C(=O)OC(C)(C)C)[C@@H](Cc1ccccc1)C(=O)N[C@@H](C)c1ccccc1. The van der Waals surface area contributed by atoms with Crippen LogP contribution in [0.3, 0.4) is 0 Å². The van der Waals surface area contributed by atoms with E-state index in [-0.39, 0.29) is 17.9 Å². The summed E-state index contributed by atoms with van der Waals surface area (Å²) in [6.45, 7) is 9.23. The van der Waals surface area contributed by atoms with E-state index in [4.69, 9.17) is 4.74 Å². The van der Waals surface area contributed by atoms with Gasteiger partial charge in [0.2, 0.25) is 5.91 Å². The largest absolute Gasteiger partial charge is 0.460 e. The quantitative estimate of drug-likeness (QED) is 0.707. The average molecular weight is 382 g/mol. The topological polar surface area (TPSA) is 55.4 Å². The highest BCUT2D eigenvalue weighted by Gasteiger charge is 2.34. The average Bonchev–Trinajstić information content (AvgIpc) is 2.65. The van der Waals surface area contributed by atoms with E-state index in [1.54, 1.807) is 6.92 Å². The molecule has 1 unspecified atom stereocenters. The number of amides is 1. The first kappa shape index (κ1) is 21.7. The van der Waals surface area contributed by atoms with Gasteiger partial charge >= 0.3 is 5.97 Å². The van der Waals surface area contributed by atoms with Gasteiger partial charge in [0.05, 0.1) is 17.9 Å². The molecule has 28 heavy (non-hydrogen) atoms. The number of esters is 1. The summed E-state index contributed by atoms with van der Waals surface area (Å²) in [6, 6.07) is 19.4. The standard InChI is InChI=1S/C24H31NO3/c1-17(23(27)28-24(3,4)5)21(16-19-12-8-6-9-13-19)22(26)25-18(2)20-14-10-7-11-15-20/h6-15,17-18,21H,16H2,1-5H3,(H,25,26)/t17?,18-,21+/m0/s1. The first-order chi connectivity index (χ1) is 13.2. The van der Waals surface area contributed by atoms with Crippen LogP contribution in [0.15, 0.2) is 60.7 Å². The Morgan fingerprint density at radius 1 is 0.929 bits per heavy atom. The molecule has 0 aliphatic carbocycles. The second-order valence-electron chi connectivity index (χ2n) is 8.26. The predicted molar refractivity (Wildman–Crippen MR) is 112 cm³/mol. The zero-order valence-corrected chi connectivity index (χ0v) is 17.4. The number of nitrogens with one attached hydrogen (secondary N) is 1. The third kappa shape index (κ3) is 6.52. The maximum atomic E-state index is 13.1. The van der Waals surface area contributed by atoms with Crippen molar-refractivity contribution in [3.8, 4) is 0 Å². The minimum atomic E-state index is -0.587. The Balaban J connectivity index is 2.19. The molecule has 1 amide bonds. The van der Waals surface area contributed by atoms with E-state index in [0.717, 1.165) is 11.1 Å². The molecule has 2 aromatic carbocycles. The lowest BCUT2D eigenvalue weighted by atomic mass is 9.86. The van der Waals surface area contributed by atoms with Crippen LogP contribution in [0, 0.1) is 11.8 Å². The van der Waals surface area contributed by atoms with Gasteiger partial charge in [0.1, 0.15) is 5.60 Å². The lowest BCUT2D eigenvalue weighted by Crippen LogP contribution is -2.41. The molecular weight excluding hydrogens is 350 g/mol. The second kappa shape index (κ2) is 9.54. The van der Waals surface area contributed by atoms with Gasteiger partial charge in [0.15, 0.2) is 0 Å². The number of rotatable bonds is 7. The molecule has 0 spiro atoms. The summed E-state index contributed by atoms with van der Waals surface area (Å²) in [5.74, 6) is -1.56. The van der Waals surface area contributed by atoms with Crippen molar-refractivity contribution in [3.63, 3.8) is 0 Å². The summed E-state index contributed by atoms with van der Waals surface area (Å²) >= 11 is 0. The predicted octanol–water partition coefficient (Wildman–Crippen LogP) is 4.70. The fraction of sp³-hybridized carbons (Fsp3) is 0.417. The molecule has 0 saturated heterocycles. The molecule has 4 nitrogen and oxygen atoms in total. The van der Waals surface area contributed by atoms with E-state index in [2.05, 4.69) is 5.32 Å². The van der Waals surface area contributed by atoms with E-state index >= 15 is 0 Å². The first-order valence-corrected chi connectivity index (χ1v) is 9.79. The van der Waals surface area contributed by atoms with Crippen LogP contribution in [-0.2, 0) is 20.7 Å². The van der Waals surface area contributed by atoms with Gasteiger partial charge < -0.3 is 10.1 Å². The van der Waals surface area contributed by atoms with Crippen LogP contribution >= 0.6 is 0 Å². The van der Waals surface area contributed by atoms with Crippen molar-refractivity contribution >= 4 is 11.9 Å². The first-order valence-electron chi connectivity index (χ1n) is 9.79. The molecule has 0 aromatic heterocycles. The van der Waals surface area contributed by atoms with Gasteiger partial charge in [-0.3, -0.25) is 9.59 Å². The van der Waals surface area contributed by atoms with E-state index in [1.807, 2.05) is 88.4 Å². The Morgan fingerprint density at radius 3 is 2.00 bits per heavy atom. The summed E-state index contributed by atoms with van der Waals surface area (Å²) in [6.07, 6.45) is 0.481. The minimum absolute atomic E-state index is 0.140. The van der Waals surface area contributed by atoms with Crippen LogP contribution in [-0.4, -0.2) is 17.5 Å². The highest BCUT2D eigenvalue weighted by molar-refractivity contribution is 5.85. The number of hydrogen-bond acceptors (Lipinski definition) is 3. The molecule has 0 fully saturated rings. The Morgan fingerprint density at radius 2 is 1.46 bits per heavy atom. The second-order valence-corrected chi connectivity index (χ2v) is 8.26. The van der Waals surface area contributed by atoms with Gasteiger partial charge in [-0.15, -0.1) is 0 Å². The third-order valence-electron chi connectivity index (χ3n) is 4.68. The van der Waals surface area contributed by atoms with Crippen molar-refractivity contribution in [1.29, 1.82) is 0 Å². The molecule has 4 heteroatoms. The van der Waals surface area contributed by atoms with E-state index in [1.165, 1.54) is 0 Å². The van der Waals surface area contributed by atoms with E-state index < -0.39 is 17.4 Å². The van der Waals surface area contributed by atoms with Crippen LogP contribution < -0.4 is 5.32 Å². The Kier molecular flexibility index (Phi) is 7.38. The van der Waals surface area contributed by atoms with Gasteiger partial charge in [0, 0.05) is 0 Å². The molecule has 2 rings (SSSR count). The molecule has 0 bridgehead atoms. The van der Waals surface area contributed by atoms with E-state index in [9.17, 15) is 9.59 Å². The number of ether oxygens (including phenoxy) is 1. The maximum Gasteiger partial charge on any atom is 0.309 e. The molecule has 1 N–H and O–H groups in total. The molecule has 0 heterocycles. The molecule has 3 atom stereocenters. The molecule has 0 radical (unpaired) electrons. The lowest BCUT2D eigenvalue weighted by Gasteiger charge is -2.27. The Hall–Kier alpha value is -2.62. The Labute approximate surface area is 168 Å². The summed E-state index contributed by atoms with van der Waals surface area (Å²) in [5.41, 5.74) is 1.46. The number of carbonyl (C=O) groups excluding carboxylic acids is 2. The molecule has 0 aliphatic heterocycles. The summed E-state index contributed by atoms with van der Waals surface area (Å²) in [5, 5.41) is 3.07. The van der Waals surface area contributed by atoms with Crippen LogP contribution in [0.2, 0.25) is 0 Å². The molecule has 2 aromatic rings. The number of carbonyl (C=O) groups is 2. The lowest BCUT2D eigenvalue weighted by molar-refractivity contribution is -0.163. The van der Waals surface area contributed by atoms with Crippen LogP contribution in [0.1, 0.15) is 51.8 Å². The van der Waals surface area contributed by atoms with Crippen LogP contribution in [0.4, 0.5) is 0 Å². The summed E-state index contributed by atoms with van der Waals surface area (Å²) < 4.78 is 5.54. The van der Waals surface area contributed by atoms with Gasteiger partial charge in [-0.1, -0.05) is 67.6 Å². The van der Waals surface area contributed by atoms with Crippen LogP contribution in [0.25, 0.3) is 0 Å². The number of benzene rings is 2. The maximum absolute atomic E-state index is 13.1. The van der Waals surface area contributed by atoms with Gasteiger partial charge in [-0.05, 0) is 45.2 Å². The molecular formula is C24H31NO3.